The third-order valence-electron chi connectivity index (χ3n) is 6.46. The van der Waals surface area contributed by atoms with Crippen molar-refractivity contribution < 1.29 is 23.1 Å². The summed E-state index contributed by atoms with van der Waals surface area (Å²) in [5, 5.41) is 2.85. The van der Waals surface area contributed by atoms with Crippen molar-refractivity contribution in [3.63, 3.8) is 0 Å². The molecule has 2 heterocycles. The number of benzene rings is 1. The van der Waals surface area contributed by atoms with Crippen molar-refractivity contribution in [3.05, 3.63) is 35.4 Å². The molecule has 7 heteroatoms. The molecule has 2 amide bonds. The molecular weight excluding hydrogens is 366 g/mol. The van der Waals surface area contributed by atoms with Gasteiger partial charge in [-0.25, -0.2) is 13.6 Å². The molecule has 2 aliphatic heterocycles. The molecule has 28 heavy (non-hydrogen) atoms. The van der Waals surface area contributed by atoms with Gasteiger partial charge in [0.1, 0.15) is 17.7 Å². The van der Waals surface area contributed by atoms with Gasteiger partial charge in [-0.15, -0.1) is 0 Å². The summed E-state index contributed by atoms with van der Waals surface area (Å²) in [4.78, 5) is 26.1. The highest BCUT2D eigenvalue weighted by Gasteiger charge is 2.51. The molecule has 1 aromatic rings. The van der Waals surface area contributed by atoms with Gasteiger partial charge >= 0.3 is 6.09 Å². The van der Waals surface area contributed by atoms with Gasteiger partial charge in [0.2, 0.25) is 5.91 Å². The Kier molecular flexibility index (Phi) is 5.25. The number of piperidine rings is 1. The Hall–Kier alpha value is -2.18. The number of halogens is 2. The third kappa shape index (κ3) is 3.84. The van der Waals surface area contributed by atoms with Crippen molar-refractivity contribution in [3.8, 4) is 0 Å². The van der Waals surface area contributed by atoms with Crippen LogP contribution in [-0.4, -0.2) is 41.6 Å². The lowest BCUT2D eigenvalue weighted by molar-refractivity contribution is -0.120. The van der Waals surface area contributed by atoms with Gasteiger partial charge in [0.15, 0.2) is 0 Å². The molecule has 152 valence electrons. The fraction of sp³-hybridized carbons (Fsp3) is 0.619. The minimum absolute atomic E-state index is 0.109. The van der Waals surface area contributed by atoms with Gasteiger partial charge in [0.05, 0.1) is 12.1 Å². The zero-order chi connectivity index (χ0) is 19.8. The first-order valence-electron chi connectivity index (χ1n) is 10.1. The van der Waals surface area contributed by atoms with E-state index < -0.39 is 23.8 Å². The molecule has 0 radical (unpaired) electrons. The van der Waals surface area contributed by atoms with E-state index in [1.54, 1.807) is 4.90 Å². The van der Waals surface area contributed by atoms with E-state index in [2.05, 4.69) is 5.32 Å². The van der Waals surface area contributed by atoms with Crippen LogP contribution in [0.25, 0.3) is 0 Å². The minimum Gasteiger partial charge on any atom is -0.442 e. The summed E-state index contributed by atoms with van der Waals surface area (Å²) in [6.07, 6.45) is 4.91. The summed E-state index contributed by atoms with van der Waals surface area (Å²) >= 11 is 0. The van der Waals surface area contributed by atoms with Crippen LogP contribution in [0, 0.1) is 23.5 Å². The highest BCUT2D eigenvalue weighted by atomic mass is 19.1. The third-order valence-corrected chi connectivity index (χ3v) is 6.46. The van der Waals surface area contributed by atoms with E-state index in [1.165, 1.54) is 31.9 Å². The zero-order valence-corrected chi connectivity index (χ0v) is 16.0. The smallest absolute Gasteiger partial charge is 0.410 e. The molecule has 5 nitrogen and oxygen atoms in total. The lowest BCUT2D eigenvalue weighted by atomic mass is 9.72. The summed E-state index contributed by atoms with van der Waals surface area (Å²) < 4.78 is 32.9. The Bertz CT molecular complexity index is 752. The normalized spacial score (nSPS) is 30.2. The number of hydrogen-bond donors (Lipinski definition) is 1. The van der Waals surface area contributed by atoms with Gasteiger partial charge < -0.3 is 15.0 Å². The Balaban J connectivity index is 1.57. The number of carbonyl (C=O) groups is 2. The molecule has 5 atom stereocenters. The molecule has 2 unspecified atom stereocenters. The van der Waals surface area contributed by atoms with E-state index in [1.807, 2.05) is 0 Å². The van der Waals surface area contributed by atoms with E-state index >= 15 is 0 Å². The summed E-state index contributed by atoms with van der Waals surface area (Å²) in [5.41, 5.74) is 0.428. The molecule has 1 aliphatic carbocycles. The number of rotatable bonds is 4. The van der Waals surface area contributed by atoms with Crippen LogP contribution in [-0.2, 0) is 16.0 Å². The van der Waals surface area contributed by atoms with Gasteiger partial charge in [0, 0.05) is 19.5 Å². The Morgan fingerprint density at radius 2 is 1.89 bits per heavy atom. The molecule has 3 fully saturated rings. The average Bonchev–Trinajstić information content (AvgIpc) is 2.94. The Morgan fingerprint density at radius 3 is 2.57 bits per heavy atom. The largest absolute Gasteiger partial charge is 0.442 e. The summed E-state index contributed by atoms with van der Waals surface area (Å²) in [7, 11) is 0. The molecule has 0 spiro atoms. The first-order valence-corrected chi connectivity index (χ1v) is 10.1. The maximum Gasteiger partial charge on any atom is 0.410 e. The van der Waals surface area contributed by atoms with Crippen molar-refractivity contribution in [2.45, 2.75) is 63.6 Å². The minimum atomic E-state index is -0.663. The standard InChI is InChI=1S/C21H26F2N2O3/c1-12(26)24-18(8-13-6-16(22)10-17(23)7-13)20-19-9-14-4-2-3-5-15(14)11-25(19)21(27)28-20/h6-7,10,14-15,18-20H,2-5,8-9,11H2,1H3,(H,24,26)/t14?,15?,18-,19-,20-/m0/s1. The van der Waals surface area contributed by atoms with Gasteiger partial charge in [-0.05, 0) is 48.8 Å². The SMILES string of the molecule is CC(=O)N[C@@H](Cc1cc(F)cc(F)c1)[C@@H]1OC(=O)N2CC3CCCCC3C[C@@H]12. The van der Waals surface area contributed by atoms with Gasteiger partial charge in [-0.1, -0.05) is 19.3 Å². The molecule has 3 aliphatic rings. The van der Waals surface area contributed by atoms with Crippen LogP contribution in [0.3, 0.4) is 0 Å². The monoisotopic (exact) mass is 392 g/mol. The molecule has 2 saturated heterocycles. The van der Waals surface area contributed by atoms with Gasteiger partial charge in [-0.3, -0.25) is 4.79 Å². The fourth-order valence-electron chi connectivity index (χ4n) is 5.29. The second-order valence-electron chi connectivity index (χ2n) is 8.40. The number of nitrogens with one attached hydrogen (secondary N) is 1. The second kappa shape index (κ2) is 7.68. The number of amides is 2. The molecule has 4 rings (SSSR count). The van der Waals surface area contributed by atoms with Crippen molar-refractivity contribution in [1.29, 1.82) is 0 Å². The van der Waals surface area contributed by atoms with Crippen LogP contribution in [0.15, 0.2) is 18.2 Å². The Morgan fingerprint density at radius 1 is 1.21 bits per heavy atom. The van der Waals surface area contributed by atoms with Crippen molar-refractivity contribution >= 4 is 12.0 Å². The van der Waals surface area contributed by atoms with Crippen molar-refractivity contribution in [1.82, 2.24) is 10.2 Å². The summed E-state index contributed by atoms with van der Waals surface area (Å²) in [5.74, 6) is -0.499. The van der Waals surface area contributed by atoms with E-state index in [-0.39, 0.29) is 24.5 Å². The lowest BCUT2D eigenvalue weighted by Crippen LogP contribution is -2.54. The fourth-order valence-corrected chi connectivity index (χ4v) is 5.29. The summed E-state index contributed by atoms with van der Waals surface area (Å²) in [6.45, 7) is 2.10. The van der Waals surface area contributed by atoms with E-state index in [0.717, 1.165) is 25.3 Å². The first-order chi connectivity index (χ1) is 13.4. The van der Waals surface area contributed by atoms with Gasteiger partial charge in [0.25, 0.3) is 0 Å². The predicted octanol–water partition coefficient (Wildman–Crippen LogP) is 3.41. The maximum absolute atomic E-state index is 13.6. The summed E-state index contributed by atoms with van der Waals surface area (Å²) in [6, 6.07) is 2.69. The van der Waals surface area contributed by atoms with Gasteiger partial charge in [-0.2, -0.15) is 0 Å². The quantitative estimate of drug-likeness (QED) is 0.854. The van der Waals surface area contributed by atoms with Crippen LogP contribution in [0.5, 0.6) is 0 Å². The van der Waals surface area contributed by atoms with Crippen LogP contribution >= 0.6 is 0 Å². The Labute approximate surface area is 163 Å². The number of fused-ring (bicyclic) bond motifs is 2. The maximum atomic E-state index is 13.6. The van der Waals surface area contributed by atoms with Crippen LogP contribution < -0.4 is 5.32 Å². The second-order valence-corrected chi connectivity index (χ2v) is 8.40. The van der Waals surface area contributed by atoms with E-state index in [0.29, 0.717) is 23.9 Å². The number of cyclic esters (lactones) is 1. The van der Waals surface area contributed by atoms with E-state index in [9.17, 15) is 18.4 Å². The number of carbonyl (C=O) groups excluding carboxylic acids is 2. The zero-order valence-electron chi connectivity index (χ0n) is 16.0. The van der Waals surface area contributed by atoms with Crippen LogP contribution in [0.2, 0.25) is 0 Å². The van der Waals surface area contributed by atoms with Crippen LogP contribution in [0.1, 0.15) is 44.6 Å². The van der Waals surface area contributed by atoms with Crippen molar-refractivity contribution in [2.75, 3.05) is 6.54 Å². The first kappa shape index (κ1) is 19.2. The lowest BCUT2D eigenvalue weighted by Gasteiger charge is -2.43. The van der Waals surface area contributed by atoms with E-state index in [4.69, 9.17) is 4.74 Å². The average molecular weight is 392 g/mol. The predicted molar refractivity (Wildman–Crippen MR) is 98.5 cm³/mol. The number of nitrogens with zero attached hydrogens (tertiary/aromatic N) is 1. The molecule has 0 aromatic heterocycles. The molecule has 0 bridgehead atoms. The topological polar surface area (TPSA) is 58.6 Å². The molecular formula is C21H26F2N2O3. The van der Waals surface area contributed by atoms with Crippen LogP contribution in [0.4, 0.5) is 13.6 Å². The number of ether oxygens (including phenoxy) is 1. The van der Waals surface area contributed by atoms with Crippen molar-refractivity contribution in [2.24, 2.45) is 11.8 Å². The molecule has 1 aromatic carbocycles. The highest BCUT2D eigenvalue weighted by molar-refractivity contribution is 5.74. The highest BCUT2D eigenvalue weighted by Crippen LogP contribution is 2.42. The molecule has 1 N–H and O–H groups in total. The molecule has 1 saturated carbocycles. The number of hydrogen-bond acceptors (Lipinski definition) is 3.